The van der Waals surface area contributed by atoms with E-state index in [-0.39, 0.29) is 18.0 Å². The number of carboxylic acid groups (broad SMARTS) is 1. The van der Waals surface area contributed by atoms with Crippen LogP contribution in [-0.2, 0) is 11.3 Å². The van der Waals surface area contributed by atoms with Gasteiger partial charge in [0, 0.05) is 27.8 Å². The number of halogens is 1. The normalized spacial score (nSPS) is 21.8. The number of nitrogens with one attached hydrogen (secondary N) is 1. The molecule has 2 amide bonds. The van der Waals surface area contributed by atoms with Crippen LogP contribution in [0.3, 0.4) is 0 Å². The number of thiophene rings is 1. The first-order chi connectivity index (χ1) is 9.95. The molecule has 1 aromatic heterocycles. The Bertz CT molecular complexity index is 512. The summed E-state index contributed by atoms with van der Waals surface area (Å²) in [6, 6.07) is 2.00. The fourth-order valence-corrected chi connectivity index (χ4v) is 4.02. The van der Waals surface area contributed by atoms with E-state index in [0.29, 0.717) is 19.4 Å². The Morgan fingerprint density at radius 1 is 1.43 bits per heavy atom. The summed E-state index contributed by atoms with van der Waals surface area (Å²) in [6.45, 7) is 0.576. The second kappa shape index (κ2) is 7.26. The zero-order valence-electron chi connectivity index (χ0n) is 11.8. The second-order valence-corrected chi connectivity index (χ2v) is 7.34. The number of urea groups is 1. The molecule has 1 aliphatic rings. The van der Waals surface area contributed by atoms with E-state index in [1.165, 1.54) is 0 Å². The average molecular weight is 375 g/mol. The molecule has 1 saturated carbocycles. The largest absolute Gasteiger partial charge is 0.481 e. The molecule has 116 valence electrons. The van der Waals surface area contributed by atoms with Crippen LogP contribution in [0.25, 0.3) is 0 Å². The first kappa shape index (κ1) is 16.3. The van der Waals surface area contributed by atoms with Gasteiger partial charge in [-0.05, 0) is 47.7 Å². The molecule has 2 N–H and O–H groups in total. The van der Waals surface area contributed by atoms with Gasteiger partial charge in [-0.3, -0.25) is 4.79 Å². The molecule has 5 nitrogen and oxygen atoms in total. The van der Waals surface area contributed by atoms with Gasteiger partial charge >= 0.3 is 12.0 Å². The third-order valence-electron chi connectivity index (χ3n) is 3.77. The number of carbonyl (C=O) groups is 2. The lowest BCUT2D eigenvalue weighted by atomic mass is 9.86. The zero-order valence-corrected chi connectivity index (χ0v) is 14.2. The van der Waals surface area contributed by atoms with Crippen molar-refractivity contribution in [2.75, 3.05) is 7.05 Å². The smallest absolute Gasteiger partial charge is 0.317 e. The lowest BCUT2D eigenvalue weighted by Gasteiger charge is -2.28. The minimum absolute atomic E-state index is 0.0885. The lowest BCUT2D eigenvalue weighted by molar-refractivity contribution is -0.142. The van der Waals surface area contributed by atoms with E-state index in [9.17, 15) is 9.59 Å². The number of nitrogens with zero attached hydrogens (tertiary/aromatic N) is 1. The van der Waals surface area contributed by atoms with Gasteiger partial charge in [0.2, 0.25) is 0 Å². The van der Waals surface area contributed by atoms with Crippen LogP contribution in [0, 0.1) is 5.92 Å². The van der Waals surface area contributed by atoms with Crippen molar-refractivity contribution >= 4 is 39.3 Å². The lowest BCUT2D eigenvalue weighted by Crippen LogP contribution is -2.44. The maximum Gasteiger partial charge on any atom is 0.317 e. The molecule has 0 unspecified atom stereocenters. The number of hydrogen-bond acceptors (Lipinski definition) is 3. The van der Waals surface area contributed by atoms with Gasteiger partial charge in [-0.25, -0.2) is 4.79 Å². The molecule has 0 atom stereocenters. The zero-order chi connectivity index (χ0) is 15.4. The van der Waals surface area contributed by atoms with Gasteiger partial charge < -0.3 is 15.3 Å². The van der Waals surface area contributed by atoms with Crippen molar-refractivity contribution in [3.63, 3.8) is 0 Å². The van der Waals surface area contributed by atoms with Gasteiger partial charge in [-0.2, -0.15) is 0 Å². The van der Waals surface area contributed by atoms with Crippen LogP contribution in [0.5, 0.6) is 0 Å². The van der Waals surface area contributed by atoms with E-state index in [4.69, 9.17) is 5.11 Å². The van der Waals surface area contributed by atoms with E-state index < -0.39 is 5.97 Å². The Labute approximate surface area is 136 Å². The van der Waals surface area contributed by atoms with Gasteiger partial charge in [-0.15, -0.1) is 11.3 Å². The highest BCUT2D eigenvalue weighted by molar-refractivity contribution is 9.10. The van der Waals surface area contributed by atoms with Gasteiger partial charge in [-0.1, -0.05) is 0 Å². The van der Waals surface area contributed by atoms with Crippen molar-refractivity contribution in [2.45, 2.75) is 38.3 Å². The van der Waals surface area contributed by atoms with Crippen molar-refractivity contribution in [3.8, 4) is 0 Å². The molecule has 1 aromatic rings. The van der Waals surface area contributed by atoms with Crippen LogP contribution in [0.4, 0.5) is 4.79 Å². The van der Waals surface area contributed by atoms with Gasteiger partial charge in [0.25, 0.3) is 0 Å². The van der Waals surface area contributed by atoms with Crippen LogP contribution >= 0.6 is 27.3 Å². The highest BCUT2D eigenvalue weighted by atomic mass is 79.9. The third-order valence-corrected chi connectivity index (χ3v) is 5.45. The van der Waals surface area contributed by atoms with E-state index in [1.807, 2.05) is 11.4 Å². The fraction of sp³-hybridized carbons (Fsp3) is 0.571. The molecule has 0 radical (unpaired) electrons. The summed E-state index contributed by atoms with van der Waals surface area (Å²) in [4.78, 5) is 25.8. The molecular weight excluding hydrogens is 356 g/mol. The van der Waals surface area contributed by atoms with E-state index in [0.717, 1.165) is 22.2 Å². The summed E-state index contributed by atoms with van der Waals surface area (Å²) in [5.74, 6) is -0.973. The topological polar surface area (TPSA) is 69.6 Å². The molecule has 7 heteroatoms. The SMILES string of the molecule is CN(Cc1cc(Br)cs1)C(=O)NC1CCC(C(=O)O)CC1. The van der Waals surface area contributed by atoms with Crippen LogP contribution in [-0.4, -0.2) is 35.1 Å². The predicted molar refractivity (Wildman–Crippen MR) is 85.4 cm³/mol. The molecule has 21 heavy (non-hydrogen) atoms. The number of carboxylic acids is 1. The number of rotatable bonds is 4. The van der Waals surface area contributed by atoms with Crippen molar-refractivity contribution < 1.29 is 14.7 Å². The molecule has 0 bridgehead atoms. The van der Waals surface area contributed by atoms with Crippen molar-refractivity contribution in [1.29, 1.82) is 0 Å². The van der Waals surface area contributed by atoms with Gasteiger partial charge in [0.1, 0.15) is 0 Å². The molecule has 1 aliphatic carbocycles. The summed E-state index contributed by atoms with van der Waals surface area (Å²) in [6.07, 6.45) is 2.76. The highest BCUT2D eigenvalue weighted by Gasteiger charge is 2.27. The van der Waals surface area contributed by atoms with Crippen LogP contribution < -0.4 is 5.32 Å². The number of aliphatic carboxylic acids is 1. The molecular formula is C14H19BrN2O3S. The number of amides is 2. The molecule has 1 heterocycles. The third kappa shape index (κ3) is 4.71. The number of hydrogen-bond donors (Lipinski definition) is 2. The molecule has 0 aliphatic heterocycles. The van der Waals surface area contributed by atoms with Crippen LogP contribution in [0.1, 0.15) is 30.6 Å². The molecule has 0 spiro atoms. The molecule has 0 saturated heterocycles. The van der Waals surface area contributed by atoms with Crippen molar-refractivity contribution in [1.82, 2.24) is 10.2 Å². The van der Waals surface area contributed by atoms with Gasteiger partial charge in [0.05, 0.1) is 12.5 Å². The monoisotopic (exact) mass is 374 g/mol. The first-order valence-corrected chi connectivity index (χ1v) is 8.60. The molecule has 2 rings (SSSR count). The molecule has 0 aromatic carbocycles. The number of carbonyl (C=O) groups excluding carboxylic acids is 1. The van der Waals surface area contributed by atoms with Crippen molar-refractivity contribution in [3.05, 3.63) is 20.8 Å². The Balaban J connectivity index is 1.77. The van der Waals surface area contributed by atoms with Gasteiger partial charge in [0.15, 0.2) is 0 Å². The average Bonchev–Trinajstić information content (AvgIpc) is 2.84. The maximum atomic E-state index is 12.1. The van der Waals surface area contributed by atoms with Crippen LogP contribution in [0.2, 0.25) is 0 Å². The summed E-state index contributed by atoms with van der Waals surface area (Å²) < 4.78 is 1.03. The summed E-state index contributed by atoms with van der Waals surface area (Å²) >= 11 is 5.01. The van der Waals surface area contributed by atoms with E-state index in [2.05, 4.69) is 21.2 Å². The van der Waals surface area contributed by atoms with E-state index in [1.54, 1.807) is 23.3 Å². The highest BCUT2D eigenvalue weighted by Crippen LogP contribution is 2.25. The second-order valence-electron chi connectivity index (χ2n) is 5.42. The van der Waals surface area contributed by atoms with Crippen LogP contribution in [0.15, 0.2) is 15.9 Å². The maximum absolute atomic E-state index is 12.1. The quantitative estimate of drug-likeness (QED) is 0.849. The summed E-state index contributed by atoms with van der Waals surface area (Å²) in [5, 5.41) is 13.9. The summed E-state index contributed by atoms with van der Waals surface area (Å²) in [7, 11) is 1.77. The minimum atomic E-state index is -0.722. The minimum Gasteiger partial charge on any atom is -0.481 e. The Kier molecular flexibility index (Phi) is 5.64. The molecule has 1 fully saturated rings. The standard InChI is InChI=1S/C14H19BrN2O3S/c1-17(7-12-6-10(15)8-21-12)14(20)16-11-4-2-9(3-5-11)13(18)19/h6,8-9,11H,2-5,7H2,1H3,(H,16,20)(H,18,19). The Morgan fingerprint density at radius 2 is 2.10 bits per heavy atom. The first-order valence-electron chi connectivity index (χ1n) is 6.93. The fourth-order valence-electron chi connectivity index (χ4n) is 2.51. The summed E-state index contributed by atoms with van der Waals surface area (Å²) in [5.41, 5.74) is 0. The Hall–Kier alpha value is -1.08. The predicted octanol–water partition coefficient (Wildman–Crippen LogP) is 3.30. The Morgan fingerprint density at radius 3 is 2.62 bits per heavy atom. The van der Waals surface area contributed by atoms with Crippen molar-refractivity contribution in [2.24, 2.45) is 5.92 Å². The van der Waals surface area contributed by atoms with E-state index >= 15 is 0 Å².